The Bertz CT molecular complexity index is 542. The van der Waals surface area contributed by atoms with E-state index < -0.39 is 0 Å². The van der Waals surface area contributed by atoms with Crippen LogP contribution in [0.2, 0.25) is 5.02 Å². The van der Waals surface area contributed by atoms with Crippen LogP contribution in [0, 0.1) is 6.92 Å². The van der Waals surface area contributed by atoms with Crippen LogP contribution in [-0.2, 0) is 6.54 Å². The molecule has 0 saturated heterocycles. The van der Waals surface area contributed by atoms with E-state index in [1.54, 1.807) is 0 Å². The first kappa shape index (κ1) is 12.7. The van der Waals surface area contributed by atoms with Crippen molar-refractivity contribution in [1.29, 1.82) is 0 Å². The second-order valence-electron chi connectivity index (χ2n) is 3.90. The average molecular weight is 268 g/mol. The van der Waals surface area contributed by atoms with Gasteiger partial charge in [-0.15, -0.1) is 0 Å². The zero-order valence-electron chi connectivity index (χ0n) is 10.5. The zero-order valence-corrected chi connectivity index (χ0v) is 11.2. The molecule has 0 amide bonds. The molecular weight excluding hydrogens is 254 g/mol. The molecule has 2 heterocycles. The van der Waals surface area contributed by atoms with E-state index in [4.69, 9.17) is 20.8 Å². The molecule has 0 fully saturated rings. The van der Waals surface area contributed by atoms with Gasteiger partial charge in [0.2, 0.25) is 0 Å². The van der Waals surface area contributed by atoms with Crippen molar-refractivity contribution in [3.8, 4) is 6.01 Å². The summed E-state index contributed by atoms with van der Waals surface area (Å²) in [6.07, 6.45) is 1.52. The molecule has 96 valence electrons. The quantitative estimate of drug-likeness (QED) is 0.852. The highest BCUT2D eigenvalue weighted by Crippen LogP contribution is 2.24. The maximum atomic E-state index is 6.07. The molecule has 0 radical (unpaired) electrons. The van der Waals surface area contributed by atoms with Crippen LogP contribution in [0.1, 0.15) is 11.5 Å². The first-order chi connectivity index (χ1) is 8.60. The highest BCUT2D eigenvalue weighted by atomic mass is 35.5. The van der Waals surface area contributed by atoms with Crippen LogP contribution in [0.4, 0.5) is 5.82 Å². The summed E-state index contributed by atoms with van der Waals surface area (Å²) in [6, 6.07) is 4.14. The predicted molar refractivity (Wildman–Crippen MR) is 69.1 cm³/mol. The van der Waals surface area contributed by atoms with Gasteiger partial charge in [0.25, 0.3) is 0 Å². The molecule has 0 saturated carbocycles. The van der Waals surface area contributed by atoms with E-state index in [0.29, 0.717) is 17.4 Å². The number of aryl methyl sites for hydroxylation is 1. The Labute approximate surface area is 110 Å². The molecule has 5 nitrogen and oxygen atoms in total. The topological polar surface area (TPSA) is 51.4 Å². The van der Waals surface area contributed by atoms with Gasteiger partial charge in [-0.1, -0.05) is 11.6 Å². The smallest absolute Gasteiger partial charge is 0.318 e. The molecule has 0 aliphatic carbocycles. The van der Waals surface area contributed by atoms with Gasteiger partial charge in [-0.2, -0.15) is 4.98 Å². The molecule has 0 atom stereocenters. The molecule has 2 aromatic heterocycles. The van der Waals surface area contributed by atoms with Crippen LogP contribution < -0.4 is 9.64 Å². The number of furan rings is 1. The Balaban J connectivity index is 2.20. The molecule has 2 rings (SSSR count). The summed E-state index contributed by atoms with van der Waals surface area (Å²) < 4.78 is 10.5. The number of hydrogen-bond donors (Lipinski definition) is 0. The number of halogens is 1. The van der Waals surface area contributed by atoms with Crippen molar-refractivity contribution in [3.63, 3.8) is 0 Å². The van der Waals surface area contributed by atoms with Crippen LogP contribution in [0.5, 0.6) is 6.01 Å². The summed E-state index contributed by atoms with van der Waals surface area (Å²) in [4.78, 5) is 10.0. The second-order valence-corrected chi connectivity index (χ2v) is 4.30. The highest BCUT2D eigenvalue weighted by molar-refractivity contribution is 6.32. The van der Waals surface area contributed by atoms with Crippen LogP contribution in [0.3, 0.4) is 0 Å². The van der Waals surface area contributed by atoms with E-state index in [-0.39, 0.29) is 6.01 Å². The van der Waals surface area contributed by atoms with Crippen molar-refractivity contribution in [2.75, 3.05) is 19.1 Å². The third kappa shape index (κ3) is 2.73. The van der Waals surface area contributed by atoms with Gasteiger partial charge in [0, 0.05) is 7.05 Å². The summed E-state index contributed by atoms with van der Waals surface area (Å²) in [5.74, 6) is 2.34. The first-order valence-electron chi connectivity index (χ1n) is 5.43. The lowest BCUT2D eigenvalue weighted by atomic mass is 10.4. The van der Waals surface area contributed by atoms with Gasteiger partial charge in [0.15, 0.2) is 5.82 Å². The number of anilines is 1. The molecule has 0 aromatic carbocycles. The van der Waals surface area contributed by atoms with Gasteiger partial charge < -0.3 is 14.1 Å². The van der Waals surface area contributed by atoms with E-state index >= 15 is 0 Å². The lowest BCUT2D eigenvalue weighted by Crippen LogP contribution is -2.18. The number of hydrogen-bond acceptors (Lipinski definition) is 5. The summed E-state index contributed by atoms with van der Waals surface area (Å²) in [7, 11) is 3.40. The minimum absolute atomic E-state index is 0.289. The van der Waals surface area contributed by atoms with Gasteiger partial charge >= 0.3 is 6.01 Å². The molecule has 6 heteroatoms. The fraction of sp³-hybridized carbons (Fsp3) is 0.333. The van der Waals surface area contributed by atoms with Gasteiger partial charge in [0.05, 0.1) is 19.9 Å². The van der Waals surface area contributed by atoms with E-state index in [0.717, 1.165) is 11.5 Å². The molecule has 0 aliphatic rings. The lowest BCUT2D eigenvalue weighted by Gasteiger charge is -2.18. The fourth-order valence-corrected chi connectivity index (χ4v) is 1.82. The van der Waals surface area contributed by atoms with Crippen molar-refractivity contribution in [1.82, 2.24) is 9.97 Å². The third-order valence-electron chi connectivity index (χ3n) is 2.44. The molecular formula is C12H14ClN3O2. The minimum Gasteiger partial charge on any atom is -0.467 e. The summed E-state index contributed by atoms with van der Waals surface area (Å²) in [5, 5.41) is 0.474. The summed E-state index contributed by atoms with van der Waals surface area (Å²) >= 11 is 6.07. The minimum atomic E-state index is 0.289. The first-order valence-corrected chi connectivity index (χ1v) is 5.81. The SMILES string of the molecule is COc1ncc(Cl)c(N(C)Cc2ccc(C)o2)n1. The molecule has 2 aromatic rings. The maximum absolute atomic E-state index is 6.07. The Hall–Kier alpha value is -1.75. The van der Waals surface area contributed by atoms with E-state index in [1.807, 2.05) is 31.0 Å². The van der Waals surface area contributed by atoms with Crippen LogP contribution in [-0.4, -0.2) is 24.1 Å². The highest BCUT2D eigenvalue weighted by Gasteiger charge is 2.12. The largest absolute Gasteiger partial charge is 0.467 e. The molecule has 0 N–H and O–H groups in total. The number of aromatic nitrogens is 2. The maximum Gasteiger partial charge on any atom is 0.318 e. The predicted octanol–water partition coefficient (Wildman–Crippen LogP) is 2.68. The number of nitrogens with zero attached hydrogens (tertiary/aromatic N) is 3. The zero-order chi connectivity index (χ0) is 13.1. The number of ether oxygens (including phenoxy) is 1. The van der Waals surface area contributed by atoms with Gasteiger partial charge in [-0.25, -0.2) is 4.98 Å². The van der Waals surface area contributed by atoms with E-state index in [1.165, 1.54) is 13.3 Å². The normalized spacial score (nSPS) is 10.4. The van der Waals surface area contributed by atoms with Crippen LogP contribution in [0.15, 0.2) is 22.7 Å². The van der Waals surface area contributed by atoms with Gasteiger partial charge in [0.1, 0.15) is 16.5 Å². The van der Waals surface area contributed by atoms with Crippen LogP contribution in [0.25, 0.3) is 0 Å². The van der Waals surface area contributed by atoms with E-state index in [2.05, 4.69) is 9.97 Å². The van der Waals surface area contributed by atoms with Crippen LogP contribution >= 0.6 is 11.6 Å². The average Bonchev–Trinajstić information content (AvgIpc) is 2.75. The van der Waals surface area contributed by atoms with Gasteiger partial charge in [-0.05, 0) is 19.1 Å². The van der Waals surface area contributed by atoms with Crippen molar-refractivity contribution in [2.24, 2.45) is 0 Å². The van der Waals surface area contributed by atoms with Gasteiger partial charge in [-0.3, -0.25) is 0 Å². The summed E-state index contributed by atoms with van der Waals surface area (Å²) in [6.45, 7) is 2.48. The number of methoxy groups -OCH3 is 1. The molecule has 18 heavy (non-hydrogen) atoms. The molecule has 0 unspecified atom stereocenters. The Morgan fingerprint density at radius 2 is 2.22 bits per heavy atom. The second kappa shape index (κ2) is 5.27. The Kier molecular flexibility index (Phi) is 3.72. The van der Waals surface area contributed by atoms with Crippen molar-refractivity contribution in [3.05, 3.63) is 34.9 Å². The van der Waals surface area contributed by atoms with Crippen molar-refractivity contribution >= 4 is 17.4 Å². The molecule has 0 spiro atoms. The third-order valence-corrected chi connectivity index (χ3v) is 2.70. The Morgan fingerprint density at radius 3 is 2.83 bits per heavy atom. The lowest BCUT2D eigenvalue weighted by molar-refractivity contribution is 0.379. The van der Waals surface area contributed by atoms with Crippen molar-refractivity contribution in [2.45, 2.75) is 13.5 Å². The van der Waals surface area contributed by atoms with Crippen molar-refractivity contribution < 1.29 is 9.15 Å². The standard InChI is InChI=1S/C12H14ClN3O2/c1-8-4-5-9(18-8)7-16(2)11-10(13)6-14-12(15-11)17-3/h4-6H,7H2,1-3H3. The summed E-state index contributed by atoms with van der Waals surface area (Å²) in [5.41, 5.74) is 0. The number of rotatable bonds is 4. The monoisotopic (exact) mass is 267 g/mol. The Morgan fingerprint density at radius 1 is 1.44 bits per heavy atom. The molecule has 0 aliphatic heterocycles. The van der Waals surface area contributed by atoms with E-state index in [9.17, 15) is 0 Å². The molecule has 0 bridgehead atoms. The fourth-order valence-electron chi connectivity index (χ4n) is 1.59.